The second-order valence-corrected chi connectivity index (χ2v) is 7.57. The van der Waals surface area contributed by atoms with Crippen LogP contribution in [0.2, 0.25) is 0 Å². The number of carbonyl (C=O) groups excluding carboxylic acids is 2. The van der Waals surface area contributed by atoms with Crippen LogP contribution >= 0.6 is 0 Å². The van der Waals surface area contributed by atoms with Crippen molar-refractivity contribution in [3.63, 3.8) is 0 Å². The summed E-state index contributed by atoms with van der Waals surface area (Å²) < 4.78 is 16.1. The van der Waals surface area contributed by atoms with Crippen LogP contribution in [0.1, 0.15) is 24.0 Å². The normalized spacial score (nSPS) is 15.7. The largest absolute Gasteiger partial charge is 0.465 e. The summed E-state index contributed by atoms with van der Waals surface area (Å²) in [5, 5.41) is 3.35. The fourth-order valence-electron chi connectivity index (χ4n) is 3.59. The summed E-state index contributed by atoms with van der Waals surface area (Å²) in [4.78, 5) is 28.8. The molecule has 0 bridgehead atoms. The highest BCUT2D eigenvalue weighted by Crippen LogP contribution is 2.29. The third kappa shape index (κ3) is 4.98. The van der Waals surface area contributed by atoms with Gasteiger partial charge in [-0.15, -0.1) is 0 Å². The number of aromatic nitrogens is 1. The maximum Gasteiger partial charge on any atom is 0.302 e. The van der Waals surface area contributed by atoms with E-state index in [2.05, 4.69) is 10.3 Å². The fourth-order valence-corrected chi connectivity index (χ4v) is 3.59. The lowest BCUT2D eigenvalue weighted by Gasteiger charge is -2.26. The highest BCUT2D eigenvalue weighted by molar-refractivity contribution is 5.82. The Morgan fingerprint density at radius 1 is 1.24 bits per heavy atom. The Labute approximate surface area is 190 Å². The summed E-state index contributed by atoms with van der Waals surface area (Å²) in [6.07, 6.45) is 6.05. The number of hydrogen-bond acceptors (Lipinski definition) is 8. The second-order valence-electron chi connectivity index (χ2n) is 7.57. The van der Waals surface area contributed by atoms with E-state index >= 15 is 0 Å². The Hall–Kier alpha value is -4.27. The van der Waals surface area contributed by atoms with Gasteiger partial charge in [-0.1, -0.05) is 12.1 Å². The lowest BCUT2D eigenvalue weighted by molar-refractivity contribution is -0.142. The van der Waals surface area contributed by atoms with Crippen LogP contribution in [0.25, 0.3) is 11.3 Å². The molecular formula is C24H24N4O5. The second kappa shape index (κ2) is 9.47. The van der Waals surface area contributed by atoms with Gasteiger partial charge in [0.15, 0.2) is 12.2 Å². The van der Waals surface area contributed by atoms with Crippen LogP contribution in [-0.2, 0) is 19.1 Å². The number of hydrogen-bond donors (Lipinski definition) is 2. The van der Waals surface area contributed by atoms with Crippen LogP contribution in [-0.4, -0.2) is 29.8 Å². The molecule has 2 heterocycles. The average molecular weight is 448 g/mol. The molecule has 1 aliphatic rings. The van der Waals surface area contributed by atoms with Gasteiger partial charge in [0.05, 0.1) is 12.1 Å². The molecule has 1 aliphatic heterocycles. The predicted octanol–water partition coefficient (Wildman–Crippen LogP) is 3.49. The van der Waals surface area contributed by atoms with Crippen molar-refractivity contribution in [1.82, 2.24) is 4.98 Å². The molecule has 9 nitrogen and oxygen atoms in total. The lowest BCUT2D eigenvalue weighted by Crippen LogP contribution is -2.35. The molecular weight excluding hydrogens is 424 g/mol. The van der Waals surface area contributed by atoms with E-state index in [1.54, 1.807) is 24.6 Å². The van der Waals surface area contributed by atoms with Gasteiger partial charge < -0.3 is 24.9 Å². The minimum absolute atomic E-state index is 0.0929. The minimum Gasteiger partial charge on any atom is -0.465 e. The molecule has 3 N–H and O–H groups in total. The van der Waals surface area contributed by atoms with Crippen LogP contribution in [0.5, 0.6) is 0 Å². The Balaban J connectivity index is 1.47. The highest BCUT2D eigenvalue weighted by Gasteiger charge is 2.24. The quantitative estimate of drug-likeness (QED) is 0.503. The van der Waals surface area contributed by atoms with Gasteiger partial charge in [0, 0.05) is 30.1 Å². The zero-order chi connectivity index (χ0) is 23.4. The van der Waals surface area contributed by atoms with Gasteiger partial charge in [0.25, 0.3) is 6.35 Å². The van der Waals surface area contributed by atoms with Crippen molar-refractivity contribution in [2.75, 3.05) is 16.8 Å². The molecule has 0 fully saturated rings. The summed E-state index contributed by atoms with van der Waals surface area (Å²) in [7, 11) is 0. The number of esters is 1. The van der Waals surface area contributed by atoms with E-state index in [9.17, 15) is 9.59 Å². The summed E-state index contributed by atoms with van der Waals surface area (Å²) in [5.41, 5.74) is 9.87. The van der Waals surface area contributed by atoms with Gasteiger partial charge in [-0.25, -0.2) is 4.98 Å². The van der Waals surface area contributed by atoms with Crippen molar-refractivity contribution in [3.05, 3.63) is 78.6 Å². The number of oxazole rings is 1. The number of benzene rings is 2. The van der Waals surface area contributed by atoms with Crippen molar-refractivity contribution < 1.29 is 23.5 Å². The van der Waals surface area contributed by atoms with Crippen molar-refractivity contribution >= 4 is 23.3 Å². The molecule has 170 valence electrons. The first-order valence-electron chi connectivity index (χ1n) is 10.3. The van der Waals surface area contributed by atoms with Gasteiger partial charge in [0.1, 0.15) is 12.9 Å². The van der Waals surface area contributed by atoms with E-state index in [0.717, 1.165) is 22.5 Å². The van der Waals surface area contributed by atoms with Gasteiger partial charge in [-0.3, -0.25) is 14.5 Å². The van der Waals surface area contributed by atoms with Crippen molar-refractivity contribution in [1.29, 1.82) is 0 Å². The number of anilines is 2. The van der Waals surface area contributed by atoms with E-state index in [-0.39, 0.29) is 6.61 Å². The molecule has 0 saturated heterocycles. The minimum atomic E-state index is -0.715. The van der Waals surface area contributed by atoms with Crippen LogP contribution in [0.15, 0.2) is 71.9 Å². The number of primary amides is 1. The summed E-state index contributed by atoms with van der Waals surface area (Å²) in [5.74, 6) is -1.03. The van der Waals surface area contributed by atoms with E-state index in [0.29, 0.717) is 11.3 Å². The zero-order valence-corrected chi connectivity index (χ0v) is 18.2. The lowest BCUT2D eigenvalue weighted by atomic mass is 9.99. The van der Waals surface area contributed by atoms with Crippen molar-refractivity contribution in [2.45, 2.75) is 26.1 Å². The van der Waals surface area contributed by atoms with E-state index in [1.165, 1.54) is 13.3 Å². The molecule has 0 saturated carbocycles. The summed E-state index contributed by atoms with van der Waals surface area (Å²) in [6.45, 7) is 3.19. The van der Waals surface area contributed by atoms with Gasteiger partial charge in [0.2, 0.25) is 5.91 Å². The number of nitrogens with one attached hydrogen (secondary N) is 1. The van der Waals surface area contributed by atoms with Gasteiger partial charge in [-0.2, -0.15) is 0 Å². The predicted molar refractivity (Wildman–Crippen MR) is 122 cm³/mol. The first-order chi connectivity index (χ1) is 15.9. The molecule has 2 atom stereocenters. The first kappa shape index (κ1) is 21.9. The molecule has 1 aromatic heterocycles. The van der Waals surface area contributed by atoms with Crippen LogP contribution in [0.4, 0.5) is 11.4 Å². The first-order valence-corrected chi connectivity index (χ1v) is 10.3. The van der Waals surface area contributed by atoms with Crippen molar-refractivity contribution in [3.8, 4) is 11.3 Å². The van der Waals surface area contributed by atoms with E-state index in [4.69, 9.17) is 19.6 Å². The number of carbonyl (C=O) groups is 2. The van der Waals surface area contributed by atoms with Gasteiger partial charge in [-0.05, 0) is 48.4 Å². The highest BCUT2D eigenvalue weighted by atomic mass is 16.5. The molecule has 3 aromatic rings. The third-order valence-electron chi connectivity index (χ3n) is 5.29. The SMILES string of the molecule is CC(=O)OCC(C(N)=O)c1ccc(N2C=COC2Nc2ccc(-c3cnco3)c(C)c2)cc1. The number of ether oxygens (including phenoxy) is 2. The van der Waals surface area contributed by atoms with Crippen LogP contribution < -0.4 is 16.0 Å². The molecule has 2 unspecified atom stereocenters. The summed E-state index contributed by atoms with van der Waals surface area (Å²) in [6, 6.07) is 13.2. The molecule has 4 rings (SSSR count). The molecule has 9 heteroatoms. The molecule has 0 spiro atoms. The number of nitrogens with two attached hydrogens (primary N) is 1. The van der Waals surface area contributed by atoms with Crippen LogP contribution in [0, 0.1) is 6.92 Å². The number of aryl methyl sites for hydroxylation is 1. The number of nitrogens with zero attached hydrogens (tertiary/aromatic N) is 2. The Kier molecular flexibility index (Phi) is 6.30. The third-order valence-corrected chi connectivity index (χ3v) is 5.29. The monoisotopic (exact) mass is 448 g/mol. The molecule has 0 radical (unpaired) electrons. The maximum absolute atomic E-state index is 11.8. The zero-order valence-electron chi connectivity index (χ0n) is 18.2. The maximum atomic E-state index is 11.8. The topological polar surface area (TPSA) is 120 Å². The Morgan fingerprint density at radius 3 is 2.67 bits per heavy atom. The molecule has 33 heavy (non-hydrogen) atoms. The van der Waals surface area contributed by atoms with Crippen LogP contribution in [0.3, 0.4) is 0 Å². The Bertz CT molecular complexity index is 1160. The van der Waals surface area contributed by atoms with E-state index < -0.39 is 24.1 Å². The number of rotatable bonds is 8. The smallest absolute Gasteiger partial charge is 0.302 e. The molecule has 1 amide bonds. The van der Waals surface area contributed by atoms with Crippen molar-refractivity contribution in [2.24, 2.45) is 5.73 Å². The Morgan fingerprint density at radius 2 is 2.03 bits per heavy atom. The van der Waals surface area contributed by atoms with E-state index in [1.807, 2.05) is 48.4 Å². The molecule has 0 aliphatic carbocycles. The average Bonchev–Trinajstić information content (AvgIpc) is 3.46. The number of amides is 1. The standard InChI is InChI=1S/C24H24N4O5/c1-15-11-18(5-8-20(15)22-12-26-14-33-22)27-24-28(9-10-31-24)19-6-3-17(4-7-19)21(23(25)30)13-32-16(2)29/h3-12,14,21,24,27H,13H2,1-2H3,(H2,25,30). The molecule has 2 aromatic carbocycles. The van der Waals surface area contributed by atoms with Gasteiger partial charge >= 0.3 is 5.97 Å². The summed E-state index contributed by atoms with van der Waals surface area (Å²) >= 11 is 0. The fraction of sp³-hybridized carbons (Fsp3) is 0.208.